The summed E-state index contributed by atoms with van der Waals surface area (Å²) in [6.07, 6.45) is 0. The minimum atomic E-state index is 0.879. The Balaban J connectivity index is 2.24. The Kier molecular flexibility index (Phi) is 3.12. The normalized spacial score (nSPS) is 21.9. The van der Waals surface area contributed by atoms with Gasteiger partial charge in [-0.05, 0) is 0 Å². The molecule has 0 aromatic rings. The fraction of sp³-hybridized carbons (Fsp3) is 1.00. The molecule has 3 nitrogen and oxygen atoms in total. The number of nitrogens with zero attached hydrogens (tertiary/aromatic N) is 2. The van der Waals surface area contributed by atoms with Gasteiger partial charge in [-0.15, -0.1) is 0 Å². The molecule has 0 amide bonds. The van der Waals surface area contributed by atoms with E-state index in [2.05, 4.69) is 24.0 Å². The molecule has 1 heterocycles. The summed E-state index contributed by atoms with van der Waals surface area (Å²) in [5.74, 6) is 0. The smallest absolute Gasteiger partial charge is 0.0608 e. The minimum Gasteiger partial charge on any atom is -0.379 e. The monoisotopic (exact) mass is 144 g/mol. The number of hydrogen-bond donors (Lipinski definition) is 0. The van der Waals surface area contributed by atoms with Gasteiger partial charge in [0.25, 0.3) is 0 Å². The van der Waals surface area contributed by atoms with Crippen LogP contribution in [0.1, 0.15) is 6.92 Å². The summed E-state index contributed by atoms with van der Waals surface area (Å²) in [6.45, 7) is 7.10. The van der Waals surface area contributed by atoms with Crippen LogP contribution in [0.5, 0.6) is 0 Å². The van der Waals surface area contributed by atoms with Crippen LogP contribution >= 0.6 is 0 Å². The maximum absolute atomic E-state index is 5.23. The second-order valence-corrected chi connectivity index (χ2v) is 2.54. The maximum atomic E-state index is 5.23. The number of rotatable bonds is 2. The molecule has 3 heteroatoms. The SMILES string of the molecule is CCN(C)N1CCOCC1. The summed E-state index contributed by atoms with van der Waals surface area (Å²) < 4.78 is 5.23. The third-order valence-electron chi connectivity index (χ3n) is 1.93. The molecule has 1 saturated heterocycles. The van der Waals surface area contributed by atoms with E-state index in [9.17, 15) is 0 Å². The Morgan fingerprint density at radius 3 is 2.50 bits per heavy atom. The van der Waals surface area contributed by atoms with Crippen molar-refractivity contribution >= 4 is 0 Å². The quantitative estimate of drug-likeness (QED) is 0.550. The second kappa shape index (κ2) is 3.91. The highest BCUT2D eigenvalue weighted by atomic mass is 16.5. The molecule has 60 valence electrons. The Labute approximate surface area is 62.5 Å². The number of ether oxygens (including phenoxy) is 1. The van der Waals surface area contributed by atoms with Crippen molar-refractivity contribution in [1.29, 1.82) is 0 Å². The number of hydrazine groups is 1. The molecule has 1 aliphatic rings. The van der Waals surface area contributed by atoms with Crippen LogP contribution in [-0.4, -0.2) is 49.9 Å². The van der Waals surface area contributed by atoms with E-state index in [0.29, 0.717) is 0 Å². The van der Waals surface area contributed by atoms with E-state index in [-0.39, 0.29) is 0 Å². The van der Waals surface area contributed by atoms with Gasteiger partial charge >= 0.3 is 0 Å². The molecule has 0 saturated carbocycles. The molecule has 1 fully saturated rings. The van der Waals surface area contributed by atoms with Crippen molar-refractivity contribution in [2.45, 2.75) is 6.92 Å². The van der Waals surface area contributed by atoms with E-state index in [0.717, 1.165) is 32.8 Å². The summed E-state index contributed by atoms with van der Waals surface area (Å²) >= 11 is 0. The van der Waals surface area contributed by atoms with Gasteiger partial charge < -0.3 is 4.74 Å². The largest absolute Gasteiger partial charge is 0.379 e. The molecule has 0 unspecified atom stereocenters. The average Bonchev–Trinajstić information content (AvgIpc) is 2.05. The Bertz CT molecular complexity index is 91.6. The Hall–Kier alpha value is -0.120. The summed E-state index contributed by atoms with van der Waals surface area (Å²) in [4.78, 5) is 0. The number of hydrogen-bond acceptors (Lipinski definition) is 3. The number of morpholine rings is 1. The first-order valence-electron chi connectivity index (χ1n) is 3.88. The molecule has 0 aromatic carbocycles. The van der Waals surface area contributed by atoms with Crippen LogP contribution in [0.25, 0.3) is 0 Å². The van der Waals surface area contributed by atoms with Gasteiger partial charge in [0.05, 0.1) is 13.2 Å². The molecule has 1 aliphatic heterocycles. The summed E-state index contributed by atoms with van der Waals surface area (Å²) in [5.41, 5.74) is 0. The predicted octanol–water partition coefficient (Wildman–Crippen LogP) is 0.185. The van der Waals surface area contributed by atoms with Crippen LogP contribution in [0.3, 0.4) is 0 Å². The lowest BCUT2D eigenvalue weighted by atomic mass is 10.5. The molecule has 0 aromatic heterocycles. The van der Waals surface area contributed by atoms with Crippen LogP contribution in [0.2, 0.25) is 0 Å². The molecule has 0 radical (unpaired) electrons. The van der Waals surface area contributed by atoms with Crippen molar-refractivity contribution in [2.75, 3.05) is 39.9 Å². The molecule has 0 N–H and O–H groups in total. The average molecular weight is 144 g/mol. The van der Waals surface area contributed by atoms with Crippen LogP contribution in [0.15, 0.2) is 0 Å². The highest BCUT2D eigenvalue weighted by Gasteiger charge is 2.12. The lowest BCUT2D eigenvalue weighted by Gasteiger charge is -2.33. The predicted molar refractivity (Wildman–Crippen MR) is 40.7 cm³/mol. The summed E-state index contributed by atoms with van der Waals surface area (Å²) in [5, 5.41) is 4.56. The van der Waals surface area contributed by atoms with E-state index in [1.165, 1.54) is 0 Å². The summed E-state index contributed by atoms with van der Waals surface area (Å²) in [7, 11) is 2.12. The fourth-order valence-corrected chi connectivity index (χ4v) is 1.10. The van der Waals surface area contributed by atoms with Crippen molar-refractivity contribution in [3.63, 3.8) is 0 Å². The second-order valence-electron chi connectivity index (χ2n) is 2.54. The lowest BCUT2D eigenvalue weighted by molar-refractivity contribution is -0.0727. The minimum absolute atomic E-state index is 0.879. The topological polar surface area (TPSA) is 15.7 Å². The van der Waals surface area contributed by atoms with Crippen molar-refractivity contribution in [2.24, 2.45) is 0 Å². The first-order chi connectivity index (χ1) is 4.84. The van der Waals surface area contributed by atoms with Crippen molar-refractivity contribution in [3.8, 4) is 0 Å². The first kappa shape index (κ1) is 7.98. The molecular formula is C7H16N2O. The molecule has 0 bridgehead atoms. The van der Waals surface area contributed by atoms with Crippen LogP contribution < -0.4 is 0 Å². The summed E-state index contributed by atoms with van der Waals surface area (Å²) in [6, 6.07) is 0. The fourth-order valence-electron chi connectivity index (χ4n) is 1.10. The van der Waals surface area contributed by atoms with Crippen LogP contribution in [-0.2, 0) is 4.74 Å². The van der Waals surface area contributed by atoms with E-state index in [1.54, 1.807) is 0 Å². The van der Waals surface area contributed by atoms with Gasteiger partial charge in [0.2, 0.25) is 0 Å². The van der Waals surface area contributed by atoms with Crippen LogP contribution in [0.4, 0.5) is 0 Å². The maximum Gasteiger partial charge on any atom is 0.0608 e. The first-order valence-corrected chi connectivity index (χ1v) is 3.88. The molecular weight excluding hydrogens is 128 g/mol. The standard InChI is InChI=1S/C7H16N2O/c1-3-8(2)9-4-6-10-7-5-9/h3-7H2,1-2H3. The molecule has 1 rings (SSSR count). The Morgan fingerprint density at radius 1 is 1.40 bits per heavy atom. The molecule has 0 spiro atoms. The Morgan fingerprint density at radius 2 is 2.00 bits per heavy atom. The van der Waals surface area contributed by atoms with E-state index >= 15 is 0 Å². The van der Waals surface area contributed by atoms with Gasteiger partial charge in [0, 0.05) is 26.7 Å². The highest BCUT2D eigenvalue weighted by molar-refractivity contribution is 4.57. The van der Waals surface area contributed by atoms with Gasteiger partial charge in [0.15, 0.2) is 0 Å². The zero-order valence-electron chi connectivity index (χ0n) is 6.84. The van der Waals surface area contributed by atoms with Crippen LogP contribution in [0, 0.1) is 0 Å². The van der Waals surface area contributed by atoms with E-state index in [1.807, 2.05) is 0 Å². The van der Waals surface area contributed by atoms with Crippen molar-refractivity contribution in [1.82, 2.24) is 10.0 Å². The zero-order chi connectivity index (χ0) is 7.40. The molecule has 0 atom stereocenters. The van der Waals surface area contributed by atoms with E-state index < -0.39 is 0 Å². The van der Waals surface area contributed by atoms with Gasteiger partial charge in [-0.2, -0.15) is 0 Å². The van der Waals surface area contributed by atoms with Gasteiger partial charge in [-0.3, -0.25) is 0 Å². The van der Waals surface area contributed by atoms with Gasteiger partial charge in [0.1, 0.15) is 0 Å². The third-order valence-corrected chi connectivity index (χ3v) is 1.93. The zero-order valence-corrected chi connectivity index (χ0v) is 6.84. The van der Waals surface area contributed by atoms with Crippen molar-refractivity contribution < 1.29 is 4.74 Å². The van der Waals surface area contributed by atoms with Gasteiger partial charge in [-0.25, -0.2) is 10.0 Å². The lowest BCUT2D eigenvalue weighted by Crippen LogP contribution is -2.46. The van der Waals surface area contributed by atoms with Crippen molar-refractivity contribution in [3.05, 3.63) is 0 Å². The molecule has 10 heavy (non-hydrogen) atoms. The van der Waals surface area contributed by atoms with E-state index in [4.69, 9.17) is 4.74 Å². The molecule has 0 aliphatic carbocycles. The highest BCUT2D eigenvalue weighted by Crippen LogP contribution is 1.98. The third kappa shape index (κ3) is 1.94. The van der Waals surface area contributed by atoms with Gasteiger partial charge in [-0.1, -0.05) is 6.92 Å².